The lowest BCUT2D eigenvalue weighted by atomic mass is 9.92. The van der Waals surface area contributed by atoms with Crippen LogP contribution in [-0.2, 0) is 13.0 Å². The lowest BCUT2D eigenvalue weighted by Crippen LogP contribution is -2.40. The van der Waals surface area contributed by atoms with Crippen LogP contribution < -0.4 is 0 Å². The summed E-state index contributed by atoms with van der Waals surface area (Å²) in [6, 6.07) is 0.821. The van der Waals surface area contributed by atoms with Crippen molar-refractivity contribution in [2.75, 3.05) is 6.54 Å². The van der Waals surface area contributed by atoms with Crippen molar-refractivity contribution in [3.63, 3.8) is 0 Å². The molecule has 1 aliphatic heterocycles. The zero-order valence-corrected chi connectivity index (χ0v) is 9.73. The van der Waals surface area contributed by atoms with E-state index in [9.17, 15) is 0 Å². The zero-order chi connectivity index (χ0) is 10.8. The Labute approximate surface area is 96.9 Å². The number of nitrogens with zero attached hydrogens (tertiary/aromatic N) is 3. The summed E-state index contributed by atoms with van der Waals surface area (Å²) < 4.78 is 0. The summed E-state index contributed by atoms with van der Waals surface area (Å²) in [5.41, 5.74) is 2.61. The van der Waals surface area contributed by atoms with Crippen molar-refractivity contribution in [3.8, 4) is 0 Å². The molecule has 1 aliphatic carbocycles. The summed E-state index contributed by atoms with van der Waals surface area (Å²) in [4.78, 5) is 11.1. The van der Waals surface area contributed by atoms with Gasteiger partial charge in [0, 0.05) is 43.0 Å². The molecule has 2 aliphatic rings. The molecule has 0 unspecified atom stereocenters. The van der Waals surface area contributed by atoms with Crippen molar-refractivity contribution in [3.05, 3.63) is 23.8 Å². The zero-order valence-electron chi connectivity index (χ0n) is 9.73. The lowest BCUT2D eigenvalue weighted by molar-refractivity contribution is 0.140. The maximum atomic E-state index is 4.36. The number of rotatable bonds is 1. The maximum Gasteiger partial charge on any atom is 0.115 e. The van der Waals surface area contributed by atoms with Gasteiger partial charge in [0.05, 0.1) is 0 Å². The Morgan fingerprint density at radius 1 is 1.19 bits per heavy atom. The smallest absolute Gasteiger partial charge is 0.115 e. The van der Waals surface area contributed by atoms with Gasteiger partial charge in [0.15, 0.2) is 0 Å². The SMILES string of the molecule is c1ncc2c(n1)CCN(C1CCCCC1)C2. The second kappa shape index (κ2) is 4.50. The number of hydrogen-bond acceptors (Lipinski definition) is 3. The Bertz CT molecular complexity index is 358. The normalized spacial score (nSPS) is 23.0. The molecule has 86 valence electrons. The Hall–Kier alpha value is -0.960. The second-order valence-electron chi connectivity index (χ2n) is 5.01. The maximum absolute atomic E-state index is 4.36. The molecule has 0 bridgehead atoms. The first-order chi connectivity index (χ1) is 7.93. The average Bonchev–Trinajstić information content (AvgIpc) is 2.39. The van der Waals surface area contributed by atoms with E-state index >= 15 is 0 Å². The summed E-state index contributed by atoms with van der Waals surface area (Å²) >= 11 is 0. The molecule has 3 rings (SSSR count). The van der Waals surface area contributed by atoms with Gasteiger partial charge in [-0.05, 0) is 12.8 Å². The Balaban J connectivity index is 1.72. The highest BCUT2D eigenvalue weighted by atomic mass is 15.2. The van der Waals surface area contributed by atoms with Crippen molar-refractivity contribution in [1.29, 1.82) is 0 Å². The first-order valence-corrected chi connectivity index (χ1v) is 6.45. The average molecular weight is 217 g/mol. The summed E-state index contributed by atoms with van der Waals surface area (Å²) in [5, 5.41) is 0. The van der Waals surface area contributed by atoms with Crippen LogP contribution in [0.15, 0.2) is 12.5 Å². The molecule has 3 nitrogen and oxygen atoms in total. The van der Waals surface area contributed by atoms with E-state index in [4.69, 9.17) is 0 Å². The Kier molecular flexibility index (Phi) is 2.87. The molecule has 3 heteroatoms. The van der Waals surface area contributed by atoms with Gasteiger partial charge >= 0.3 is 0 Å². The summed E-state index contributed by atoms with van der Waals surface area (Å²) in [6.45, 7) is 2.26. The molecule has 0 saturated heterocycles. The van der Waals surface area contributed by atoms with Gasteiger partial charge in [0.1, 0.15) is 6.33 Å². The molecule has 0 spiro atoms. The van der Waals surface area contributed by atoms with Crippen LogP contribution in [0.3, 0.4) is 0 Å². The van der Waals surface area contributed by atoms with Gasteiger partial charge in [-0.15, -0.1) is 0 Å². The van der Waals surface area contributed by atoms with Crippen LogP contribution in [0.4, 0.5) is 0 Å². The molecule has 0 aromatic carbocycles. The van der Waals surface area contributed by atoms with Crippen LogP contribution in [-0.4, -0.2) is 27.5 Å². The van der Waals surface area contributed by atoms with Crippen molar-refractivity contribution < 1.29 is 0 Å². The van der Waals surface area contributed by atoms with Crippen LogP contribution in [0.2, 0.25) is 0 Å². The fourth-order valence-corrected chi connectivity index (χ4v) is 3.05. The molecule has 2 heterocycles. The van der Waals surface area contributed by atoms with Gasteiger partial charge in [-0.25, -0.2) is 9.97 Å². The van der Waals surface area contributed by atoms with E-state index in [-0.39, 0.29) is 0 Å². The molecule has 0 atom stereocenters. The van der Waals surface area contributed by atoms with E-state index in [1.165, 1.54) is 49.9 Å². The Morgan fingerprint density at radius 2 is 2.06 bits per heavy atom. The largest absolute Gasteiger partial charge is 0.296 e. The van der Waals surface area contributed by atoms with E-state index < -0.39 is 0 Å². The van der Waals surface area contributed by atoms with E-state index in [2.05, 4.69) is 14.9 Å². The third-order valence-electron chi connectivity index (χ3n) is 3.98. The highest BCUT2D eigenvalue weighted by molar-refractivity contribution is 5.19. The molecule has 0 N–H and O–H groups in total. The highest BCUT2D eigenvalue weighted by Gasteiger charge is 2.25. The number of aromatic nitrogens is 2. The van der Waals surface area contributed by atoms with E-state index in [1.54, 1.807) is 6.33 Å². The summed E-state index contributed by atoms with van der Waals surface area (Å²) in [7, 11) is 0. The van der Waals surface area contributed by atoms with Gasteiger partial charge in [-0.1, -0.05) is 19.3 Å². The molecule has 1 aromatic heterocycles. The molecule has 16 heavy (non-hydrogen) atoms. The minimum atomic E-state index is 0.821. The van der Waals surface area contributed by atoms with Gasteiger partial charge < -0.3 is 0 Å². The van der Waals surface area contributed by atoms with Gasteiger partial charge in [0.25, 0.3) is 0 Å². The van der Waals surface area contributed by atoms with Crippen LogP contribution in [0.5, 0.6) is 0 Å². The molecular formula is C13H19N3. The quantitative estimate of drug-likeness (QED) is 0.722. The second-order valence-corrected chi connectivity index (χ2v) is 5.01. The molecule has 1 fully saturated rings. The minimum absolute atomic E-state index is 0.821. The van der Waals surface area contributed by atoms with Crippen molar-refractivity contribution in [1.82, 2.24) is 14.9 Å². The van der Waals surface area contributed by atoms with E-state index in [0.717, 1.165) is 19.0 Å². The molecule has 0 radical (unpaired) electrons. The van der Waals surface area contributed by atoms with Gasteiger partial charge in [-0.3, -0.25) is 4.90 Å². The minimum Gasteiger partial charge on any atom is -0.296 e. The Morgan fingerprint density at radius 3 is 2.94 bits per heavy atom. The third-order valence-corrected chi connectivity index (χ3v) is 3.98. The van der Waals surface area contributed by atoms with Crippen molar-refractivity contribution in [2.24, 2.45) is 0 Å². The van der Waals surface area contributed by atoms with E-state index in [1.807, 2.05) is 6.20 Å². The molecular weight excluding hydrogens is 198 g/mol. The van der Waals surface area contributed by atoms with E-state index in [0.29, 0.717) is 0 Å². The predicted octanol–water partition coefficient (Wildman–Crippen LogP) is 2.17. The van der Waals surface area contributed by atoms with Gasteiger partial charge in [0.2, 0.25) is 0 Å². The van der Waals surface area contributed by atoms with Crippen molar-refractivity contribution in [2.45, 2.75) is 51.1 Å². The lowest BCUT2D eigenvalue weighted by Gasteiger charge is -2.37. The van der Waals surface area contributed by atoms with Crippen LogP contribution >= 0.6 is 0 Å². The standard InChI is InChI=1S/C13H19N3/c1-2-4-12(5-3-1)16-7-6-13-11(9-16)8-14-10-15-13/h8,10,12H,1-7,9H2. The fourth-order valence-electron chi connectivity index (χ4n) is 3.05. The first kappa shape index (κ1) is 10.2. The number of hydrogen-bond donors (Lipinski definition) is 0. The first-order valence-electron chi connectivity index (χ1n) is 6.45. The topological polar surface area (TPSA) is 29.0 Å². The van der Waals surface area contributed by atoms with Crippen LogP contribution in [0.1, 0.15) is 43.4 Å². The number of fused-ring (bicyclic) bond motifs is 1. The fraction of sp³-hybridized carbons (Fsp3) is 0.692. The van der Waals surface area contributed by atoms with Crippen LogP contribution in [0.25, 0.3) is 0 Å². The monoisotopic (exact) mass is 217 g/mol. The highest BCUT2D eigenvalue weighted by Crippen LogP contribution is 2.26. The summed E-state index contributed by atoms with van der Waals surface area (Å²) in [5.74, 6) is 0. The molecule has 0 amide bonds. The molecule has 1 saturated carbocycles. The van der Waals surface area contributed by atoms with Crippen molar-refractivity contribution >= 4 is 0 Å². The predicted molar refractivity (Wildman–Crippen MR) is 63.0 cm³/mol. The van der Waals surface area contributed by atoms with Crippen LogP contribution in [0, 0.1) is 0 Å². The molecule has 1 aromatic rings. The summed E-state index contributed by atoms with van der Waals surface area (Å²) in [6.07, 6.45) is 11.8. The third kappa shape index (κ3) is 1.96. The van der Waals surface area contributed by atoms with Gasteiger partial charge in [-0.2, -0.15) is 0 Å².